The standard InChI is InChI=1S/C23H29N3O4/c1-17-7-6-8-18(2)23(17)24-21(27)15-25-11-13-26(14-12-25)22(28)16-30-20-10-5-4-9-19(20)29-3/h4-10H,11-16H2,1-3H3,(H,24,27)/p+1. The Bertz CT molecular complexity index is 872. The molecule has 0 aliphatic carbocycles. The molecule has 7 nitrogen and oxygen atoms in total. The van der Waals surface area contributed by atoms with Gasteiger partial charge in [0, 0.05) is 5.69 Å². The van der Waals surface area contributed by atoms with E-state index in [4.69, 9.17) is 9.47 Å². The lowest BCUT2D eigenvalue weighted by molar-refractivity contribution is -0.895. The number of methoxy groups -OCH3 is 1. The van der Waals surface area contributed by atoms with Gasteiger partial charge >= 0.3 is 0 Å². The average molecular weight is 413 g/mol. The van der Waals surface area contributed by atoms with Crippen LogP contribution in [0, 0.1) is 13.8 Å². The Morgan fingerprint density at radius 2 is 1.63 bits per heavy atom. The van der Waals surface area contributed by atoms with E-state index < -0.39 is 0 Å². The zero-order valence-corrected chi connectivity index (χ0v) is 17.9. The lowest BCUT2D eigenvalue weighted by atomic mass is 10.1. The van der Waals surface area contributed by atoms with Crippen LogP contribution in [0.3, 0.4) is 0 Å². The summed E-state index contributed by atoms with van der Waals surface area (Å²) in [5.74, 6) is 1.11. The highest BCUT2D eigenvalue weighted by atomic mass is 16.5. The van der Waals surface area contributed by atoms with Gasteiger partial charge in [-0.25, -0.2) is 0 Å². The predicted molar refractivity (Wildman–Crippen MR) is 115 cm³/mol. The fourth-order valence-corrected chi connectivity index (χ4v) is 3.64. The molecule has 2 amide bonds. The summed E-state index contributed by atoms with van der Waals surface area (Å²) in [6, 6.07) is 13.2. The lowest BCUT2D eigenvalue weighted by Crippen LogP contribution is -3.15. The van der Waals surface area contributed by atoms with Crippen LogP contribution in [0.5, 0.6) is 11.5 Å². The van der Waals surface area contributed by atoms with E-state index >= 15 is 0 Å². The fourth-order valence-electron chi connectivity index (χ4n) is 3.64. The average Bonchev–Trinajstić information content (AvgIpc) is 2.75. The highest BCUT2D eigenvalue weighted by molar-refractivity contribution is 5.93. The molecular formula is C23H30N3O4+. The van der Waals surface area contributed by atoms with Crippen LogP contribution < -0.4 is 19.7 Å². The number of ether oxygens (including phenoxy) is 2. The molecule has 0 bridgehead atoms. The van der Waals surface area contributed by atoms with Crippen molar-refractivity contribution >= 4 is 17.5 Å². The Morgan fingerprint density at radius 1 is 1.00 bits per heavy atom. The topological polar surface area (TPSA) is 72.3 Å². The van der Waals surface area contributed by atoms with Crippen LogP contribution in [0.15, 0.2) is 42.5 Å². The third-order valence-corrected chi connectivity index (χ3v) is 5.40. The summed E-state index contributed by atoms with van der Waals surface area (Å²) >= 11 is 0. The second-order valence-corrected chi connectivity index (χ2v) is 7.56. The number of amides is 2. The zero-order chi connectivity index (χ0) is 21.5. The molecule has 0 spiro atoms. The Hall–Kier alpha value is -3.06. The van der Waals surface area contributed by atoms with Gasteiger partial charge in [0.25, 0.3) is 11.8 Å². The maximum Gasteiger partial charge on any atom is 0.279 e. The van der Waals surface area contributed by atoms with Crippen LogP contribution >= 0.6 is 0 Å². The smallest absolute Gasteiger partial charge is 0.279 e. The Kier molecular flexibility index (Phi) is 7.30. The van der Waals surface area contributed by atoms with Gasteiger partial charge in [-0.2, -0.15) is 0 Å². The number of para-hydroxylation sites is 3. The number of carbonyl (C=O) groups is 2. The van der Waals surface area contributed by atoms with Gasteiger partial charge in [0.15, 0.2) is 24.7 Å². The first-order valence-electron chi connectivity index (χ1n) is 10.2. The lowest BCUT2D eigenvalue weighted by Gasteiger charge is -2.32. The van der Waals surface area contributed by atoms with E-state index in [0.29, 0.717) is 31.1 Å². The van der Waals surface area contributed by atoms with Gasteiger partial charge < -0.3 is 24.6 Å². The second kappa shape index (κ2) is 10.1. The highest BCUT2D eigenvalue weighted by Crippen LogP contribution is 2.25. The van der Waals surface area contributed by atoms with E-state index in [2.05, 4.69) is 5.32 Å². The number of hydrogen-bond acceptors (Lipinski definition) is 4. The first kappa shape index (κ1) is 21.6. The number of quaternary nitrogens is 1. The van der Waals surface area contributed by atoms with Gasteiger partial charge in [-0.1, -0.05) is 30.3 Å². The van der Waals surface area contributed by atoms with E-state index in [9.17, 15) is 9.59 Å². The maximum absolute atomic E-state index is 12.5. The van der Waals surface area contributed by atoms with Crippen LogP contribution in [0.1, 0.15) is 11.1 Å². The van der Waals surface area contributed by atoms with Gasteiger partial charge in [-0.3, -0.25) is 9.59 Å². The number of aryl methyl sites for hydroxylation is 2. The monoisotopic (exact) mass is 412 g/mol. The highest BCUT2D eigenvalue weighted by Gasteiger charge is 2.26. The molecular weight excluding hydrogens is 382 g/mol. The molecule has 2 N–H and O–H groups in total. The van der Waals surface area contributed by atoms with Crippen LogP contribution in [0.25, 0.3) is 0 Å². The van der Waals surface area contributed by atoms with Crippen molar-refractivity contribution in [2.24, 2.45) is 0 Å². The molecule has 0 saturated carbocycles. The second-order valence-electron chi connectivity index (χ2n) is 7.56. The number of benzene rings is 2. The first-order valence-corrected chi connectivity index (χ1v) is 10.2. The molecule has 1 aliphatic rings. The molecule has 7 heteroatoms. The molecule has 1 saturated heterocycles. The minimum absolute atomic E-state index is 0.00156. The third kappa shape index (κ3) is 5.51. The van der Waals surface area contributed by atoms with Crippen LogP contribution in [-0.4, -0.2) is 63.2 Å². The molecule has 30 heavy (non-hydrogen) atoms. The SMILES string of the molecule is COc1ccccc1OCC(=O)N1CC[NH+](CC(=O)Nc2c(C)cccc2C)CC1. The molecule has 0 aromatic heterocycles. The summed E-state index contributed by atoms with van der Waals surface area (Å²) in [4.78, 5) is 27.9. The number of nitrogens with zero attached hydrogens (tertiary/aromatic N) is 1. The largest absolute Gasteiger partial charge is 0.493 e. The van der Waals surface area contributed by atoms with Gasteiger partial charge in [0.05, 0.1) is 33.3 Å². The van der Waals surface area contributed by atoms with Crippen molar-refractivity contribution in [3.05, 3.63) is 53.6 Å². The minimum atomic E-state index is -0.0556. The summed E-state index contributed by atoms with van der Waals surface area (Å²) in [7, 11) is 1.57. The van der Waals surface area contributed by atoms with Crippen molar-refractivity contribution in [1.82, 2.24) is 4.90 Å². The molecule has 2 aromatic carbocycles. The number of rotatable bonds is 7. The van der Waals surface area contributed by atoms with Crippen LogP contribution in [0.2, 0.25) is 0 Å². The molecule has 0 unspecified atom stereocenters. The van der Waals surface area contributed by atoms with Gasteiger partial charge in [-0.15, -0.1) is 0 Å². The summed E-state index contributed by atoms with van der Waals surface area (Å²) in [5.41, 5.74) is 3.01. The first-order chi connectivity index (χ1) is 14.5. The predicted octanol–water partition coefficient (Wildman–Crippen LogP) is 1.06. The Balaban J connectivity index is 1.44. The number of anilines is 1. The summed E-state index contributed by atoms with van der Waals surface area (Å²) in [6.45, 7) is 7.05. The van der Waals surface area contributed by atoms with E-state index in [1.54, 1.807) is 24.1 Å². The van der Waals surface area contributed by atoms with Crippen molar-refractivity contribution < 1.29 is 24.0 Å². The van der Waals surface area contributed by atoms with Gasteiger partial charge in [0.2, 0.25) is 0 Å². The molecule has 0 radical (unpaired) electrons. The Labute approximate surface area is 177 Å². The number of carbonyl (C=O) groups excluding carboxylic acids is 2. The molecule has 160 valence electrons. The van der Waals surface area contributed by atoms with E-state index in [1.165, 1.54) is 4.90 Å². The fraction of sp³-hybridized carbons (Fsp3) is 0.391. The van der Waals surface area contributed by atoms with Crippen molar-refractivity contribution in [3.63, 3.8) is 0 Å². The summed E-state index contributed by atoms with van der Waals surface area (Å²) in [6.07, 6.45) is 0. The van der Waals surface area contributed by atoms with Crippen molar-refractivity contribution in [1.29, 1.82) is 0 Å². The van der Waals surface area contributed by atoms with E-state index in [1.807, 2.05) is 44.2 Å². The molecule has 1 aliphatic heterocycles. The normalized spacial score (nSPS) is 14.3. The molecule has 1 heterocycles. The third-order valence-electron chi connectivity index (χ3n) is 5.40. The summed E-state index contributed by atoms with van der Waals surface area (Å²) in [5, 5.41) is 3.04. The van der Waals surface area contributed by atoms with E-state index in [0.717, 1.165) is 29.9 Å². The Morgan fingerprint density at radius 3 is 2.27 bits per heavy atom. The molecule has 1 fully saturated rings. The number of hydrogen-bond donors (Lipinski definition) is 2. The van der Waals surface area contributed by atoms with Crippen LogP contribution in [0.4, 0.5) is 5.69 Å². The minimum Gasteiger partial charge on any atom is -0.493 e. The quantitative estimate of drug-likeness (QED) is 0.713. The molecule has 2 aromatic rings. The van der Waals surface area contributed by atoms with Gasteiger partial charge in [0.1, 0.15) is 0 Å². The number of nitrogens with one attached hydrogen (secondary N) is 2. The van der Waals surface area contributed by atoms with Crippen molar-refractivity contribution in [2.45, 2.75) is 13.8 Å². The molecule has 3 rings (SSSR count). The van der Waals surface area contributed by atoms with Crippen molar-refractivity contribution in [3.8, 4) is 11.5 Å². The van der Waals surface area contributed by atoms with Crippen LogP contribution in [-0.2, 0) is 9.59 Å². The zero-order valence-electron chi connectivity index (χ0n) is 17.9. The number of piperazine rings is 1. The van der Waals surface area contributed by atoms with Crippen molar-refractivity contribution in [2.75, 3.05) is 51.8 Å². The maximum atomic E-state index is 12.5. The van der Waals surface area contributed by atoms with Gasteiger partial charge in [-0.05, 0) is 37.1 Å². The van der Waals surface area contributed by atoms with E-state index in [-0.39, 0.29) is 18.4 Å². The molecule has 0 atom stereocenters. The summed E-state index contributed by atoms with van der Waals surface area (Å²) < 4.78 is 10.9.